The zero-order valence-corrected chi connectivity index (χ0v) is 17.6. The topological polar surface area (TPSA) is 45.7 Å². The highest BCUT2D eigenvalue weighted by atomic mass is 32.1. The van der Waals surface area contributed by atoms with Crippen molar-refractivity contribution in [2.45, 2.75) is 18.8 Å². The van der Waals surface area contributed by atoms with Crippen LogP contribution in [0.2, 0.25) is 0 Å². The molecule has 2 heterocycles. The van der Waals surface area contributed by atoms with Crippen molar-refractivity contribution in [2.75, 3.05) is 39.8 Å². The number of thiazole rings is 1. The Labute approximate surface area is 175 Å². The van der Waals surface area contributed by atoms with Crippen LogP contribution in [0, 0.1) is 0 Å². The molecule has 1 fully saturated rings. The summed E-state index contributed by atoms with van der Waals surface area (Å²) >= 11 is 1.76. The number of fused-ring (bicyclic) bond motifs is 1. The molecule has 0 spiro atoms. The number of para-hydroxylation sites is 2. The van der Waals surface area contributed by atoms with Gasteiger partial charge in [-0.1, -0.05) is 30.3 Å². The van der Waals surface area contributed by atoms with Gasteiger partial charge in [-0.3, -0.25) is 9.69 Å². The van der Waals surface area contributed by atoms with Gasteiger partial charge in [-0.15, -0.1) is 11.3 Å². The molecule has 4 rings (SSSR count). The van der Waals surface area contributed by atoms with Gasteiger partial charge in [0.05, 0.1) is 21.8 Å². The van der Waals surface area contributed by atoms with Crippen molar-refractivity contribution in [1.29, 1.82) is 0 Å². The number of aromatic nitrogens is 1. The number of likely N-dealkylation sites (tertiary alicyclic amines) is 1. The molecular weight excluding hydrogens is 382 g/mol. The lowest BCUT2D eigenvalue weighted by atomic mass is 9.98. The summed E-state index contributed by atoms with van der Waals surface area (Å²) in [6.45, 7) is 3.32. The molecule has 3 aromatic rings. The summed E-state index contributed by atoms with van der Waals surface area (Å²) in [5, 5.41) is 1.16. The van der Waals surface area contributed by atoms with Crippen molar-refractivity contribution in [2.24, 2.45) is 0 Å². The minimum atomic E-state index is 0.193. The van der Waals surface area contributed by atoms with Gasteiger partial charge in [-0.2, -0.15) is 0 Å². The number of hydrogen-bond donors (Lipinski definition) is 0. The fourth-order valence-corrected chi connectivity index (χ4v) is 4.81. The SMILES string of the molecule is CN(CCOc1ccccc1)CC(=O)N1CCC[C@H](c2nc3ccccc3s2)C1. The van der Waals surface area contributed by atoms with Crippen LogP contribution in [-0.2, 0) is 4.79 Å². The van der Waals surface area contributed by atoms with E-state index < -0.39 is 0 Å². The third kappa shape index (κ3) is 5.14. The average Bonchev–Trinajstić information content (AvgIpc) is 3.19. The largest absolute Gasteiger partial charge is 0.492 e. The molecule has 0 aliphatic carbocycles. The molecule has 0 unspecified atom stereocenters. The van der Waals surface area contributed by atoms with E-state index >= 15 is 0 Å². The number of carbonyl (C=O) groups is 1. The number of likely N-dealkylation sites (N-methyl/N-ethyl adjacent to an activating group) is 1. The van der Waals surface area contributed by atoms with Crippen LogP contribution in [0.25, 0.3) is 10.2 Å². The van der Waals surface area contributed by atoms with Crippen LogP contribution in [0.4, 0.5) is 0 Å². The number of benzene rings is 2. The van der Waals surface area contributed by atoms with Crippen molar-refractivity contribution in [1.82, 2.24) is 14.8 Å². The summed E-state index contributed by atoms with van der Waals surface area (Å²) in [5.74, 6) is 1.40. The predicted molar refractivity (Wildman–Crippen MR) is 118 cm³/mol. The number of hydrogen-bond acceptors (Lipinski definition) is 5. The lowest BCUT2D eigenvalue weighted by Crippen LogP contribution is -2.44. The monoisotopic (exact) mass is 409 g/mol. The maximum Gasteiger partial charge on any atom is 0.236 e. The van der Waals surface area contributed by atoms with Gasteiger partial charge in [0.15, 0.2) is 0 Å². The number of piperidine rings is 1. The molecule has 1 aromatic heterocycles. The number of ether oxygens (including phenoxy) is 1. The lowest BCUT2D eigenvalue weighted by molar-refractivity contribution is -0.133. The van der Waals surface area contributed by atoms with Crippen LogP contribution in [0.3, 0.4) is 0 Å². The Bertz CT molecular complexity index is 910. The first-order valence-corrected chi connectivity index (χ1v) is 11.0. The van der Waals surface area contributed by atoms with E-state index in [1.165, 1.54) is 4.70 Å². The number of carbonyl (C=O) groups excluding carboxylic acids is 1. The van der Waals surface area contributed by atoms with Gasteiger partial charge in [-0.05, 0) is 44.2 Å². The molecule has 6 heteroatoms. The van der Waals surface area contributed by atoms with E-state index in [4.69, 9.17) is 9.72 Å². The molecule has 1 amide bonds. The second kappa shape index (κ2) is 9.37. The second-order valence-corrected chi connectivity index (χ2v) is 8.66. The zero-order valence-electron chi connectivity index (χ0n) is 16.8. The quantitative estimate of drug-likeness (QED) is 0.591. The normalized spacial score (nSPS) is 17.0. The van der Waals surface area contributed by atoms with Crippen LogP contribution in [0.15, 0.2) is 54.6 Å². The van der Waals surface area contributed by atoms with Crippen molar-refractivity contribution in [3.05, 3.63) is 59.6 Å². The molecule has 1 atom stereocenters. The van der Waals surface area contributed by atoms with E-state index in [-0.39, 0.29) is 5.91 Å². The Balaban J connectivity index is 1.28. The molecule has 1 aliphatic heterocycles. The van der Waals surface area contributed by atoms with Crippen molar-refractivity contribution in [3.8, 4) is 5.75 Å². The molecule has 5 nitrogen and oxygen atoms in total. The highest BCUT2D eigenvalue weighted by Crippen LogP contribution is 2.32. The van der Waals surface area contributed by atoms with Gasteiger partial charge in [0.25, 0.3) is 0 Å². The van der Waals surface area contributed by atoms with Crippen LogP contribution < -0.4 is 4.74 Å². The Hall–Kier alpha value is -2.44. The summed E-state index contributed by atoms with van der Waals surface area (Å²) in [6.07, 6.45) is 2.14. The van der Waals surface area contributed by atoms with Gasteiger partial charge in [0.1, 0.15) is 12.4 Å². The lowest BCUT2D eigenvalue weighted by Gasteiger charge is -2.33. The summed E-state index contributed by atoms with van der Waals surface area (Å²) in [5.41, 5.74) is 1.06. The van der Waals surface area contributed by atoms with Crippen molar-refractivity contribution in [3.63, 3.8) is 0 Å². The minimum Gasteiger partial charge on any atom is -0.492 e. The third-order valence-corrected chi connectivity index (χ3v) is 6.52. The van der Waals surface area contributed by atoms with E-state index in [0.717, 1.165) is 48.7 Å². The Kier molecular flexibility index (Phi) is 6.42. The molecule has 0 bridgehead atoms. The Morgan fingerprint density at radius 1 is 1.21 bits per heavy atom. The summed E-state index contributed by atoms with van der Waals surface area (Å²) in [4.78, 5) is 21.7. The van der Waals surface area contributed by atoms with Gasteiger partial charge >= 0.3 is 0 Å². The molecular formula is C23H27N3O2S. The van der Waals surface area contributed by atoms with Crippen LogP contribution in [-0.4, -0.2) is 60.5 Å². The fourth-order valence-electron chi connectivity index (χ4n) is 3.72. The Morgan fingerprint density at radius 2 is 2.00 bits per heavy atom. The van der Waals surface area contributed by atoms with E-state index in [0.29, 0.717) is 19.1 Å². The summed E-state index contributed by atoms with van der Waals surface area (Å²) in [6, 6.07) is 18.0. The Morgan fingerprint density at radius 3 is 2.83 bits per heavy atom. The van der Waals surface area contributed by atoms with Gasteiger partial charge in [-0.25, -0.2) is 4.98 Å². The fraction of sp³-hybridized carbons (Fsp3) is 0.391. The van der Waals surface area contributed by atoms with Gasteiger partial charge in [0, 0.05) is 25.6 Å². The molecule has 2 aromatic carbocycles. The first-order chi connectivity index (χ1) is 14.2. The first-order valence-electron chi connectivity index (χ1n) is 10.2. The molecule has 0 saturated carbocycles. The van der Waals surface area contributed by atoms with E-state index in [9.17, 15) is 4.79 Å². The molecule has 29 heavy (non-hydrogen) atoms. The van der Waals surface area contributed by atoms with Crippen molar-refractivity contribution >= 4 is 27.5 Å². The molecule has 0 radical (unpaired) electrons. The standard InChI is InChI=1S/C23H27N3O2S/c1-25(14-15-28-19-9-3-2-4-10-19)17-22(27)26-13-7-8-18(16-26)23-24-20-11-5-6-12-21(20)29-23/h2-6,9-12,18H,7-8,13-17H2,1H3/t18-/m0/s1. The summed E-state index contributed by atoms with van der Waals surface area (Å²) in [7, 11) is 1.97. The van der Waals surface area contributed by atoms with Crippen LogP contribution in [0.1, 0.15) is 23.8 Å². The van der Waals surface area contributed by atoms with Gasteiger partial charge in [0.2, 0.25) is 5.91 Å². The minimum absolute atomic E-state index is 0.193. The third-order valence-electron chi connectivity index (χ3n) is 5.32. The molecule has 1 aliphatic rings. The smallest absolute Gasteiger partial charge is 0.236 e. The van der Waals surface area contributed by atoms with Crippen molar-refractivity contribution < 1.29 is 9.53 Å². The average molecular weight is 410 g/mol. The number of rotatable bonds is 7. The number of nitrogens with zero attached hydrogens (tertiary/aromatic N) is 3. The van der Waals surface area contributed by atoms with Gasteiger partial charge < -0.3 is 9.64 Å². The predicted octanol–water partition coefficient (Wildman–Crippen LogP) is 4.01. The zero-order chi connectivity index (χ0) is 20.1. The van der Waals surface area contributed by atoms with E-state index in [1.54, 1.807) is 11.3 Å². The maximum absolute atomic E-state index is 12.8. The van der Waals surface area contributed by atoms with E-state index in [2.05, 4.69) is 18.2 Å². The molecule has 152 valence electrons. The first kappa shape index (κ1) is 19.9. The van der Waals surface area contributed by atoms with Crippen LogP contribution in [0.5, 0.6) is 5.75 Å². The summed E-state index contributed by atoms with van der Waals surface area (Å²) < 4.78 is 6.96. The second-order valence-electron chi connectivity index (χ2n) is 7.60. The molecule has 1 saturated heterocycles. The van der Waals surface area contributed by atoms with Crippen LogP contribution >= 0.6 is 11.3 Å². The highest BCUT2D eigenvalue weighted by molar-refractivity contribution is 7.18. The number of amides is 1. The maximum atomic E-state index is 12.8. The molecule has 0 N–H and O–H groups in total. The van der Waals surface area contributed by atoms with E-state index in [1.807, 2.05) is 53.2 Å². The highest BCUT2D eigenvalue weighted by Gasteiger charge is 2.27.